The molecule has 1 aromatic carbocycles. The summed E-state index contributed by atoms with van der Waals surface area (Å²) in [5.74, 6) is 1.52. The van der Waals surface area contributed by atoms with Crippen molar-refractivity contribution in [2.45, 2.75) is 46.5 Å². The van der Waals surface area contributed by atoms with Gasteiger partial charge < -0.3 is 5.32 Å². The van der Waals surface area contributed by atoms with Crippen LogP contribution in [0, 0.1) is 0 Å². The summed E-state index contributed by atoms with van der Waals surface area (Å²) in [7, 11) is 0. The number of nitrogens with zero attached hydrogens (tertiary/aromatic N) is 2. The maximum absolute atomic E-state index is 4.51. The van der Waals surface area contributed by atoms with Crippen molar-refractivity contribution in [1.82, 2.24) is 9.97 Å². The van der Waals surface area contributed by atoms with E-state index in [9.17, 15) is 0 Å². The van der Waals surface area contributed by atoms with Crippen molar-refractivity contribution in [2.24, 2.45) is 0 Å². The second-order valence-electron chi connectivity index (χ2n) is 5.61. The van der Waals surface area contributed by atoms with Crippen molar-refractivity contribution in [3.05, 3.63) is 41.7 Å². The van der Waals surface area contributed by atoms with Crippen LogP contribution in [0.2, 0.25) is 0 Å². The van der Waals surface area contributed by atoms with Gasteiger partial charge in [0.1, 0.15) is 12.1 Å². The molecule has 0 aliphatic carbocycles. The zero-order chi connectivity index (χ0) is 15.2. The maximum atomic E-state index is 4.51. The first-order valence-corrected chi connectivity index (χ1v) is 7.85. The second kappa shape index (κ2) is 7.21. The van der Waals surface area contributed by atoms with Crippen molar-refractivity contribution >= 4 is 5.82 Å². The van der Waals surface area contributed by atoms with E-state index in [-0.39, 0.29) is 0 Å². The van der Waals surface area contributed by atoms with Gasteiger partial charge in [0.25, 0.3) is 0 Å². The topological polar surface area (TPSA) is 37.8 Å². The summed E-state index contributed by atoms with van der Waals surface area (Å²) in [5, 5.41) is 3.40. The molecule has 0 fully saturated rings. The van der Waals surface area contributed by atoms with Crippen LogP contribution in [0.3, 0.4) is 0 Å². The van der Waals surface area contributed by atoms with E-state index in [1.54, 1.807) is 6.33 Å². The van der Waals surface area contributed by atoms with Crippen LogP contribution in [0.5, 0.6) is 0 Å². The van der Waals surface area contributed by atoms with E-state index in [2.05, 4.69) is 67.2 Å². The van der Waals surface area contributed by atoms with E-state index in [1.165, 1.54) is 11.1 Å². The number of aromatic nitrogens is 2. The molecule has 0 aliphatic heterocycles. The standard InChI is InChI=1S/C18H25N3/c1-5-11-19-18-16(6-2)17(20-12-21-18)15-9-7-14(8-10-15)13(3)4/h7-10,12-13H,5-6,11H2,1-4H3,(H,19,20,21). The minimum Gasteiger partial charge on any atom is -0.370 e. The van der Waals surface area contributed by atoms with Crippen LogP contribution in [0.15, 0.2) is 30.6 Å². The van der Waals surface area contributed by atoms with Gasteiger partial charge in [0, 0.05) is 17.7 Å². The van der Waals surface area contributed by atoms with E-state index in [0.29, 0.717) is 5.92 Å². The monoisotopic (exact) mass is 283 g/mol. The Labute approximate surface area is 127 Å². The number of nitrogens with one attached hydrogen (secondary N) is 1. The van der Waals surface area contributed by atoms with Gasteiger partial charge in [-0.2, -0.15) is 0 Å². The average Bonchev–Trinajstić information content (AvgIpc) is 2.52. The quantitative estimate of drug-likeness (QED) is 0.838. The second-order valence-corrected chi connectivity index (χ2v) is 5.61. The van der Waals surface area contributed by atoms with Gasteiger partial charge in [0.05, 0.1) is 5.69 Å². The first-order valence-electron chi connectivity index (χ1n) is 7.85. The molecule has 0 aliphatic rings. The Hall–Kier alpha value is -1.90. The molecule has 21 heavy (non-hydrogen) atoms. The van der Waals surface area contributed by atoms with E-state index in [1.807, 2.05) is 0 Å². The smallest absolute Gasteiger partial charge is 0.133 e. The summed E-state index contributed by atoms with van der Waals surface area (Å²) in [6.07, 6.45) is 3.67. The van der Waals surface area contributed by atoms with Gasteiger partial charge in [-0.25, -0.2) is 9.97 Å². The van der Waals surface area contributed by atoms with Crippen molar-refractivity contribution in [3.8, 4) is 11.3 Å². The highest BCUT2D eigenvalue weighted by molar-refractivity contribution is 5.68. The molecule has 1 aromatic heterocycles. The predicted molar refractivity (Wildman–Crippen MR) is 89.7 cm³/mol. The molecule has 0 unspecified atom stereocenters. The third-order valence-electron chi connectivity index (χ3n) is 3.69. The van der Waals surface area contributed by atoms with E-state index < -0.39 is 0 Å². The highest BCUT2D eigenvalue weighted by Gasteiger charge is 2.11. The number of anilines is 1. The molecule has 0 saturated carbocycles. The fourth-order valence-electron chi connectivity index (χ4n) is 2.42. The van der Waals surface area contributed by atoms with Gasteiger partial charge in [0.2, 0.25) is 0 Å². The van der Waals surface area contributed by atoms with E-state index in [4.69, 9.17) is 0 Å². The Morgan fingerprint density at radius 3 is 2.33 bits per heavy atom. The summed E-state index contributed by atoms with van der Waals surface area (Å²) in [5.41, 5.74) is 4.76. The number of benzene rings is 1. The summed E-state index contributed by atoms with van der Waals surface area (Å²) in [6.45, 7) is 9.68. The zero-order valence-electron chi connectivity index (χ0n) is 13.5. The Kier molecular flexibility index (Phi) is 5.32. The van der Waals surface area contributed by atoms with Crippen LogP contribution in [0.4, 0.5) is 5.82 Å². The molecule has 0 bridgehead atoms. The molecular formula is C18H25N3. The zero-order valence-corrected chi connectivity index (χ0v) is 13.5. The van der Waals surface area contributed by atoms with Crippen LogP contribution in [-0.4, -0.2) is 16.5 Å². The molecule has 2 aromatic rings. The van der Waals surface area contributed by atoms with Crippen LogP contribution < -0.4 is 5.32 Å². The van der Waals surface area contributed by atoms with Gasteiger partial charge in [-0.15, -0.1) is 0 Å². The summed E-state index contributed by atoms with van der Waals surface area (Å²) in [6, 6.07) is 8.72. The van der Waals surface area contributed by atoms with Crippen LogP contribution >= 0.6 is 0 Å². The highest BCUT2D eigenvalue weighted by atomic mass is 15.0. The van der Waals surface area contributed by atoms with Gasteiger partial charge in [-0.05, 0) is 24.3 Å². The molecular weight excluding hydrogens is 258 g/mol. The highest BCUT2D eigenvalue weighted by Crippen LogP contribution is 2.27. The predicted octanol–water partition coefficient (Wildman–Crippen LogP) is 4.65. The lowest BCUT2D eigenvalue weighted by Gasteiger charge is -2.13. The fourth-order valence-corrected chi connectivity index (χ4v) is 2.42. The van der Waals surface area contributed by atoms with Crippen LogP contribution in [-0.2, 0) is 6.42 Å². The number of hydrogen-bond donors (Lipinski definition) is 1. The molecule has 3 nitrogen and oxygen atoms in total. The summed E-state index contributed by atoms with van der Waals surface area (Å²) in [4.78, 5) is 8.91. The average molecular weight is 283 g/mol. The fraction of sp³-hybridized carbons (Fsp3) is 0.444. The Balaban J connectivity index is 2.38. The minimum atomic E-state index is 0.553. The third kappa shape index (κ3) is 3.60. The van der Waals surface area contributed by atoms with E-state index in [0.717, 1.165) is 36.5 Å². The van der Waals surface area contributed by atoms with Crippen molar-refractivity contribution in [2.75, 3.05) is 11.9 Å². The van der Waals surface area contributed by atoms with Crippen molar-refractivity contribution < 1.29 is 0 Å². The maximum Gasteiger partial charge on any atom is 0.133 e. The lowest BCUT2D eigenvalue weighted by atomic mass is 9.98. The Morgan fingerprint density at radius 1 is 1.05 bits per heavy atom. The molecule has 1 heterocycles. The molecule has 0 radical (unpaired) electrons. The lowest BCUT2D eigenvalue weighted by molar-refractivity contribution is 0.867. The Bertz CT molecular complexity index is 574. The summed E-state index contributed by atoms with van der Waals surface area (Å²) < 4.78 is 0. The van der Waals surface area contributed by atoms with Crippen LogP contribution in [0.25, 0.3) is 11.3 Å². The molecule has 0 atom stereocenters. The number of hydrogen-bond acceptors (Lipinski definition) is 3. The largest absolute Gasteiger partial charge is 0.370 e. The SMILES string of the molecule is CCCNc1ncnc(-c2ccc(C(C)C)cc2)c1CC. The molecule has 2 rings (SSSR count). The molecule has 0 saturated heterocycles. The first-order chi connectivity index (χ1) is 10.2. The van der Waals surface area contributed by atoms with Crippen molar-refractivity contribution in [1.29, 1.82) is 0 Å². The molecule has 0 amide bonds. The van der Waals surface area contributed by atoms with Gasteiger partial charge >= 0.3 is 0 Å². The normalized spacial score (nSPS) is 10.9. The van der Waals surface area contributed by atoms with Gasteiger partial charge in [-0.3, -0.25) is 0 Å². The number of rotatable bonds is 6. The minimum absolute atomic E-state index is 0.553. The van der Waals surface area contributed by atoms with Crippen LogP contribution in [0.1, 0.15) is 51.2 Å². The lowest BCUT2D eigenvalue weighted by Crippen LogP contribution is -2.07. The third-order valence-corrected chi connectivity index (χ3v) is 3.69. The first kappa shape index (κ1) is 15.5. The molecule has 0 spiro atoms. The Morgan fingerprint density at radius 2 is 1.76 bits per heavy atom. The van der Waals surface area contributed by atoms with Crippen molar-refractivity contribution in [3.63, 3.8) is 0 Å². The molecule has 112 valence electrons. The molecule has 1 N–H and O–H groups in total. The van der Waals surface area contributed by atoms with Gasteiger partial charge in [0.15, 0.2) is 0 Å². The summed E-state index contributed by atoms with van der Waals surface area (Å²) >= 11 is 0. The molecule has 3 heteroatoms. The van der Waals surface area contributed by atoms with Gasteiger partial charge in [-0.1, -0.05) is 52.0 Å². The van der Waals surface area contributed by atoms with E-state index >= 15 is 0 Å².